The second-order valence-electron chi connectivity index (χ2n) is 7.01. The van der Waals surface area contributed by atoms with E-state index in [1.807, 2.05) is 18.2 Å². The van der Waals surface area contributed by atoms with Crippen LogP contribution >= 0.6 is 11.6 Å². The van der Waals surface area contributed by atoms with E-state index >= 15 is 0 Å². The summed E-state index contributed by atoms with van der Waals surface area (Å²) < 4.78 is 0. The second-order valence-corrected chi connectivity index (χ2v) is 7.44. The minimum Gasteiger partial charge on any atom is -0.299 e. The molecular formula is C18H26ClNO. The Labute approximate surface area is 133 Å². The molecule has 1 fully saturated rings. The molecule has 21 heavy (non-hydrogen) atoms. The van der Waals surface area contributed by atoms with Crippen molar-refractivity contribution in [2.24, 2.45) is 11.3 Å². The first-order valence-corrected chi connectivity index (χ1v) is 8.19. The Morgan fingerprint density at radius 3 is 2.81 bits per heavy atom. The van der Waals surface area contributed by atoms with Gasteiger partial charge in [0.15, 0.2) is 0 Å². The lowest BCUT2D eigenvalue weighted by molar-refractivity contribution is -0.135. The van der Waals surface area contributed by atoms with E-state index in [4.69, 9.17) is 11.6 Å². The van der Waals surface area contributed by atoms with Gasteiger partial charge in [0.25, 0.3) is 0 Å². The SMILES string of the molecule is CC(c1cccc(Cl)c1)N(C)CC1CCCC(C)(C)C1=O. The van der Waals surface area contributed by atoms with Gasteiger partial charge in [-0.3, -0.25) is 9.69 Å². The first-order valence-electron chi connectivity index (χ1n) is 7.81. The lowest BCUT2D eigenvalue weighted by Gasteiger charge is -2.37. The highest BCUT2D eigenvalue weighted by Crippen LogP contribution is 2.36. The van der Waals surface area contributed by atoms with Crippen molar-refractivity contribution in [1.29, 1.82) is 0 Å². The Morgan fingerprint density at radius 1 is 1.43 bits per heavy atom. The lowest BCUT2D eigenvalue weighted by Crippen LogP contribution is -2.41. The number of benzene rings is 1. The Bertz CT molecular complexity index is 512. The zero-order valence-electron chi connectivity index (χ0n) is 13.5. The molecule has 1 aliphatic carbocycles. The van der Waals surface area contributed by atoms with Crippen molar-refractivity contribution >= 4 is 17.4 Å². The molecule has 0 N–H and O–H groups in total. The lowest BCUT2D eigenvalue weighted by atomic mass is 9.71. The van der Waals surface area contributed by atoms with Crippen LogP contribution in [0, 0.1) is 11.3 Å². The smallest absolute Gasteiger partial charge is 0.142 e. The molecule has 0 aliphatic heterocycles. The molecule has 0 spiro atoms. The van der Waals surface area contributed by atoms with Crippen LogP contribution in [0.4, 0.5) is 0 Å². The summed E-state index contributed by atoms with van der Waals surface area (Å²) in [6.07, 6.45) is 3.20. The van der Waals surface area contributed by atoms with Crippen LogP contribution in [0.1, 0.15) is 51.6 Å². The maximum Gasteiger partial charge on any atom is 0.142 e. The minimum atomic E-state index is -0.150. The zero-order chi connectivity index (χ0) is 15.6. The Hall–Kier alpha value is -0.860. The molecule has 3 heteroatoms. The van der Waals surface area contributed by atoms with Gasteiger partial charge in [-0.05, 0) is 44.5 Å². The van der Waals surface area contributed by atoms with Crippen molar-refractivity contribution in [1.82, 2.24) is 4.90 Å². The van der Waals surface area contributed by atoms with Crippen molar-refractivity contribution in [3.63, 3.8) is 0 Å². The summed E-state index contributed by atoms with van der Waals surface area (Å²) in [7, 11) is 2.10. The van der Waals surface area contributed by atoms with Crippen molar-refractivity contribution < 1.29 is 4.79 Å². The van der Waals surface area contributed by atoms with Crippen LogP contribution in [-0.4, -0.2) is 24.3 Å². The molecular weight excluding hydrogens is 282 g/mol. The molecule has 0 bridgehead atoms. The molecule has 0 saturated heterocycles. The molecule has 1 saturated carbocycles. The summed E-state index contributed by atoms with van der Waals surface area (Å²) in [4.78, 5) is 14.8. The van der Waals surface area contributed by atoms with Gasteiger partial charge >= 0.3 is 0 Å². The summed E-state index contributed by atoms with van der Waals surface area (Å²) >= 11 is 6.07. The van der Waals surface area contributed by atoms with Crippen LogP contribution in [0.5, 0.6) is 0 Å². The van der Waals surface area contributed by atoms with Crippen LogP contribution in [0.2, 0.25) is 5.02 Å². The number of carbonyl (C=O) groups is 1. The first kappa shape index (κ1) is 16.5. The van der Waals surface area contributed by atoms with Crippen molar-refractivity contribution in [2.45, 2.75) is 46.1 Å². The van der Waals surface area contributed by atoms with Gasteiger partial charge in [-0.2, -0.15) is 0 Å². The molecule has 2 atom stereocenters. The van der Waals surface area contributed by atoms with Crippen molar-refractivity contribution in [3.8, 4) is 0 Å². The number of carbonyl (C=O) groups excluding carboxylic acids is 1. The topological polar surface area (TPSA) is 20.3 Å². The van der Waals surface area contributed by atoms with Crippen LogP contribution in [-0.2, 0) is 4.79 Å². The third-order valence-corrected chi connectivity index (χ3v) is 5.13. The summed E-state index contributed by atoms with van der Waals surface area (Å²) in [6.45, 7) is 7.17. The quantitative estimate of drug-likeness (QED) is 0.801. The fourth-order valence-corrected chi connectivity index (χ4v) is 3.50. The normalized spacial score (nSPS) is 23.3. The number of halogens is 1. The summed E-state index contributed by atoms with van der Waals surface area (Å²) in [6, 6.07) is 8.25. The average molecular weight is 308 g/mol. The molecule has 0 heterocycles. The first-order chi connectivity index (χ1) is 9.81. The number of hydrogen-bond acceptors (Lipinski definition) is 2. The van der Waals surface area contributed by atoms with Crippen molar-refractivity contribution in [2.75, 3.05) is 13.6 Å². The van der Waals surface area contributed by atoms with E-state index in [1.165, 1.54) is 5.56 Å². The number of Topliss-reactive ketones (excluding diaryl/α,β-unsaturated/α-hetero) is 1. The summed E-state index contributed by atoms with van der Waals surface area (Å²) in [5.41, 5.74) is 1.05. The van der Waals surface area contributed by atoms with Gasteiger partial charge in [0.05, 0.1) is 0 Å². The molecule has 2 unspecified atom stereocenters. The van der Waals surface area contributed by atoms with E-state index < -0.39 is 0 Å². The molecule has 2 nitrogen and oxygen atoms in total. The van der Waals surface area contributed by atoms with Gasteiger partial charge in [0.1, 0.15) is 5.78 Å². The highest BCUT2D eigenvalue weighted by molar-refractivity contribution is 6.30. The predicted molar refractivity (Wildman–Crippen MR) is 88.6 cm³/mol. The minimum absolute atomic E-state index is 0.150. The van der Waals surface area contributed by atoms with Crippen LogP contribution in [0.25, 0.3) is 0 Å². The highest BCUT2D eigenvalue weighted by Gasteiger charge is 2.37. The van der Waals surface area contributed by atoms with Crippen LogP contribution in [0.15, 0.2) is 24.3 Å². The summed E-state index contributed by atoms with van der Waals surface area (Å²) in [5.74, 6) is 0.597. The van der Waals surface area contributed by atoms with Crippen LogP contribution in [0.3, 0.4) is 0 Å². The largest absolute Gasteiger partial charge is 0.299 e. The van der Waals surface area contributed by atoms with Gasteiger partial charge < -0.3 is 0 Å². The number of hydrogen-bond donors (Lipinski definition) is 0. The third kappa shape index (κ3) is 3.87. The average Bonchev–Trinajstić information content (AvgIpc) is 2.43. The number of rotatable bonds is 4. The fourth-order valence-electron chi connectivity index (χ4n) is 3.30. The molecule has 2 rings (SSSR count). The zero-order valence-corrected chi connectivity index (χ0v) is 14.3. The number of nitrogens with zero attached hydrogens (tertiary/aromatic N) is 1. The molecule has 116 valence electrons. The van der Waals surface area contributed by atoms with Gasteiger partial charge in [-0.25, -0.2) is 0 Å². The van der Waals surface area contributed by atoms with E-state index in [0.29, 0.717) is 5.78 Å². The van der Waals surface area contributed by atoms with Gasteiger partial charge in [-0.15, -0.1) is 0 Å². The third-order valence-electron chi connectivity index (χ3n) is 4.89. The van der Waals surface area contributed by atoms with E-state index in [1.54, 1.807) is 0 Å². The molecule has 0 aromatic heterocycles. The van der Waals surface area contributed by atoms with Gasteiger partial charge in [-0.1, -0.05) is 44.0 Å². The number of ketones is 1. The van der Waals surface area contributed by atoms with E-state index in [-0.39, 0.29) is 17.4 Å². The molecule has 0 radical (unpaired) electrons. The summed E-state index contributed by atoms with van der Waals surface area (Å²) in [5, 5.41) is 0.766. The van der Waals surface area contributed by atoms with E-state index in [0.717, 1.165) is 30.8 Å². The Morgan fingerprint density at radius 2 is 2.14 bits per heavy atom. The molecule has 0 amide bonds. The standard InChI is InChI=1S/C18H26ClNO/c1-13(14-7-5-9-16(19)11-14)20(4)12-15-8-6-10-18(2,3)17(15)21/h5,7,9,11,13,15H,6,8,10,12H2,1-4H3. The van der Waals surface area contributed by atoms with E-state index in [9.17, 15) is 4.79 Å². The second kappa shape index (κ2) is 6.50. The van der Waals surface area contributed by atoms with Crippen molar-refractivity contribution in [3.05, 3.63) is 34.9 Å². The predicted octanol–water partition coefficient (Wildman–Crippen LogP) is 4.73. The molecule has 1 aromatic rings. The maximum absolute atomic E-state index is 12.5. The Balaban J connectivity index is 2.04. The maximum atomic E-state index is 12.5. The monoisotopic (exact) mass is 307 g/mol. The molecule has 1 aromatic carbocycles. The van der Waals surface area contributed by atoms with Gasteiger partial charge in [0, 0.05) is 28.9 Å². The Kier molecular flexibility index (Phi) is 5.11. The van der Waals surface area contributed by atoms with Gasteiger partial charge in [0.2, 0.25) is 0 Å². The fraction of sp³-hybridized carbons (Fsp3) is 0.611. The van der Waals surface area contributed by atoms with E-state index in [2.05, 4.69) is 38.8 Å². The highest BCUT2D eigenvalue weighted by atomic mass is 35.5. The molecule has 1 aliphatic rings. The van der Waals surface area contributed by atoms with Crippen LogP contribution < -0.4 is 0 Å².